The summed E-state index contributed by atoms with van der Waals surface area (Å²) in [5.41, 5.74) is 6.19. The highest BCUT2D eigenvalue weighted by Crippen LogP contribution is 2.27. The van der Waals surface area contributed by atoms with Crippen molar-refractivity contribution in [3.05, 3.63) is 56.6 Å². The lowest BCUT2D eigenvalue weighted by Crippen LogP contribution is -2.25. The minimum absolute atomic E-state index is 0.0956. The summed E-state index contributed by atoms with van der Waals surface area (Å²) in [5.74, 6) is -0.195. The molecule has 2 amide bonds. The largest absolute Gasteiger partial charge is 0.302 e. The van der Waals surface area contributed by atoms with Crippen LogP contribution in [0.15, 0.2) is 18.6 Å². The first-order valence-corrected chi connectivity index (χ1v) is 15.9. The van der Waals surface area contributed by atoms with Crippen LogP contribution in [0.2, 0.25) is 0 Å². The van der Waals surface area contributed by atoms with Gasteiger partial charge in [0.1, 0.15) is 0 Å². The Labute approximate surface area is 252 Å². The highest BCUT2D eigenvalue weighted by atomic mass is 32.1. The van der Waals surface area contributed by atoms with E-state index in [0.29, 0.717) is 16.8 Å². The van der Waals surface area contributed by atoms with Gasteiger partial charge in [-0.15, -0.1) is 22.7 Å². The van der Waals surface area contributed by atoms with Crippen molar-refractivity contribution in [3.63, 3.8) is 0 Å². The normalized spacial score (nSPS) is 16.0. The molecule has 6 rings (SSSR count). The standard InChI is InChI=1S/C28H36N10O2S2/c1-18(39)31-27-29-11-21(41-27)14-36-9-6-20-13-38(34-24(20)7-10-36)17-26-23-16-37(8-4-5-25(23)33-35(26)3)15-22-12-30-28(42-22)32-19(2)40/h11-13H,4-10,14-17H2,1-3H3,(H,29,31,39)(H,30,32,40). The van der Waals surface area contributed by atoms with Gasteiger partial charge in [-0.05, 0) is 31.4 Å². The monoisotopic (exact) mass is 608 g/mol. The molecule has 4 aromatic heterocycles. The van der Waals surface area contributed by atoms with Crippen LogP contribution >= 0.6 is 22.7 Å². The molecule has 0 saturated heterocycles. The zero-order valence-electron chi connectivity index (χ0n) is 24.2. The lowest BCUT2D eigenvalue weighted by Gasteiger charge is -2.20. The second-order valence-electron chi connectivity index (χ2n) is 11.0. The van der Waals surface area contributed by atoms with Gasteiger partial charge in [0, 0.05) is 93.9 Å². The summed E-state index contributed by atoms with van der Waals surface area (Å²) in [7, 11) is 2.04. The number of rotatable bonds is 8. The third-order valence-electron chi connectivity index (χ3n) is 7.66. The molecule has 6 heterocycles. The van der Waals surface area contributed by atoms with Gasteiger partial charge < -0.3 is 10.6 Å². The van der Waals surface area contributed by atoms with E-state index in [-0.39, 0.29) is 11.8 Å². The predicted octanol–water partition coefficient (Wildman–Crippen LogP) is 3.04. The number of nitrogens with zero attached hydrogens (tertiary/aromatic N) is 8. The van der Waals surface area contributed by atoms with Crippen molar-refractivity contribution in [2.75, 3.05) is 30.3 Å². The molecule has 2 aliphatic heterocycles. The molecule has 4 aromatic rings. The first kappa shape index (κ1) is 28.6. The Hall–Kier alpha value is -3.46. The van der Waals surface area contributed by atoms with Crippen LogP contribution in [-0.4, -0.2) is 70.8 Å². The molecule has 0 bridgehead atoms. The van der Waals surface area contributed by atoms with Crippen LogP contribution in [0, 0.1) is 0 Å². The van der Waals surface area contributed by atoms with Crippen LogP contribution in [0.5, 0.6) is 0 Å². The first-order chi connectivity index (χ1) is 20.3. The Kier molecular flexibility index (Phi) is 8.47. The van der Waals surface area contributed by atoms with Crippen molar-refractivity contribution >= 4 is 44.8 Å². The number of hydrogen-bond donors (Lipinski definition) is 2. The number of carbonyl (C=O) groups is 2. The predicted molar refractivity (Wildman–Crippen MR) is 162 cm³/mol. The SMILES string of the molecule is CC(=O)Nc1ncc(CN2CCc3cn(Cc4c5c(nn4C)CCCN(Cc4cnc(NC(C)=O)s4)C5)nc3CC2)s1. The van der Waals surface area contributed by atoms with Crippen molar-refractivity contribution in [3.8, 4) is 0 Å². The van der Waals surface area contributed by atoms with E-state index in [1.54, 1.807) is 0 Å². The third-order valence-corrected chi connectivity index (χ3v) is 9.45. The van der Waals surface area contributed by atoms with Crippen LogP contribution in [0.1, 0.15) is 58.2 Å². The second kappa shape index (κ2) is 12.4. The summed E-state index contributed by atoms with van der Waals surface area (Å²) < 4.78 is 4.13. The van der Waals surface area contributed by atoms with Crippen LogP contribution in [0.25, 0.3) is 0 Å². The van der Waals surface area contributed by atoms with Gasteiger partial charge in [-0.1, -0.05) is 0 Å². The van der Waals surface area contributed by atoms with E-state index in [1.165, 1.54) is 64.7 Å². The van der Waals surface area contributed by atoms with Crippen molar-refractivity contribution < 1.29 is 9.59 Å². The molecule has 2 N–H and O–H groups in total. The van der Waals surface area contributed by atoms with Gasteiger partial charge in [-0.2, -0.15) is 10.2 Å². The molecular weight excluding hydrogens is 573 g/mol. The van der Waals surface area contributed by atoms with Gasteiger partial charge in [0.15, 0.2) is 10.3 Å². The zero-order chi connectivity index (χ0) is 29.2. The Morgan fingerprint density at radius 1 is 0.833 bits per heavy atom. The Bertz CT molecular complexity index is 1560. The van der Waals surface area contributed by atoms with E-state index in [4.69, 9.17) is 10.2 Å². The second-order valence-corrected chi connectivity index (χ2v) is 13.2. The van der Waals surface area contributed by atoms with Crippen LogP contribution in [0.3, 0.4) is 0 Å². The summed E-state index contributed by atoms with van der Waals surface area (Å²) >= 11 is 3.07. The fourth-order valence-corrected chi connectivity index (χ4v) is 7.54. The maximum Gasteiger partial charge on any atom is 0.223 e. The zero-order valence-corrected chi connectivity index (χ0v) is 25.9. The van der Waals surface area contributed by atoms with E-state index < -0.39 is 0 Å². The van der Waals surface area contributed by atoms with E-state index in [0.717, 1.165) is 74.7 Å². The summed E-state index contributed by atoms with van der Waals surface area (Å²) in [6.07, 6.45) is 9.84. The van der Waals surface area contributed by atoms with Gasteiger partial charge >= 0.3 is 0 Å². The molecule has 0 atom stereocenters. The highest BCUT2D eigenvalue weighted by Gasteiger charge is 2.24. The number of aromatic nitrogens is 6. The smallest absolute Gasteiger partial charge is 0.223 e. The Morgan fingerprint density at radius 3 is 2.19 bits per heavy atom. The molecular formula is C28H36N10O2S2. The summed E-state index contributed by atoms with van der Waals surface area (Å²) in [6.45, 7) is 9.06. The van der Waals surface area contributed by atoms with Crippen molar-refractivity contribution in [1.29, 1.82) is 0 Å². The van der Waals surface area contributed by atoms with Gasteiger partial charge in [-0.3, -0.25) is 28.8 Å². The average Bonchev–Trinajstić information content (AvgIpc) is 3.65. The topological polar surface area (TPSA) is 126 Å². The summed E-state index contributed by atoms with van der Waals surface area (Å²) in [6, 6.07) is 0. The fraction of sp³-hybridized carbons (Fsp3) is 0.500. The molecule has 14 heteroatoms. The molecule has 0 spiro atoms. The Balaban J connectivity index is 1.10. The molecule has 42 heavy (non-hydrogen) atoms. The van der Waals surface area contributed by atoms with E-state index in [1.807, 2.05) is 24.1 Å². The molecule has 0 fully saturated rings. The van der Waals surface area contributed by atoms with Crippen LogP contribution < -0.4 is 10.6 Å². The van der Waals surface area contributed by atoms with Crippen molar-refractivity contribution in [1.82, 2.24) is 39.3 Å². The van der Waals surface area contributed by atoms with E-state index in [9.17, 15) is 9.59 Å². The molecule has 0 saturated carbocycles. The minimum Gasteiger partial charge on any atom is -0.302 e. The van der Waals surface area contributed by atoms with Gasteiger partial charge in [0.25, 0.3) is 0 Å². The molecule has 0 unspecified atom stereocenters. The molecule has 12 nitrogen and oxygen atoms in total. The molecule has 222 valence electrons. The maximum atomic E-state index is 11.4. The van der Waals surface area contributed by atoms with Crippen LogP contribution in [0.4, 0.5) is 10.3 Å². The minimum atomic E-state index is -0.0992. The lowest BCUT2D eigenvalue weighted by atomic mass is 10.1. The highest BCUT2D eigenvalue weighted by molar-refractivity contribution is 7.16. The van der Waals surface area contributed by atoms with Gasteiger partial charge in [0.2, 0.25) is 11.8 Å². The van der Waals surface area contributed by atoms with Crippen LogP contribution in [-0.2, 0) is 62.1 Å². The molecule has 0 radical (unpaired) electrons. The van der Waals surface area contributed by atoms with Gasteiger partial charge in [-0.25, -0.2) is 9.97 Å². The van der Waals surface area contributed by atoms with E-state index >= 15 is 0 Å². The number of fused-ring (bicyclic) bond motifs is 2. The fourth-order valence-electron chi connectivity index (χ4n) is 5.74. The maximum absolute atomic E-state index is 11.4. The average molecular weight is 609 g/mol. The third kappa shape index (κ3) is 6.77. The lowest BCUT2D eigenvalue weighted by molar-refractivity contribution is -0.115. The number of nitrogens with one attached hydrogen (secondary N) is 2. The molecule has 0 aliphatic carbocycles. The summed E-state index contributed by atoms with van der Waals surface area (Å²) in [5, 5.41) is 16.8. The quantitative estimate of drug-likeness (QED) is 0.313. The first-order valence-electron chi connectivity index (χ1n) is 14.3. The van der Waals surface area contributed by atoms with Crippen molar-refractivity contribution in [2.24, 2.45) is 7.05 Å². The van der Waals surface area contributed by atoms with E-state index in [2.05, 4.69) is 41.3 Å². The molecule has 2 aliphatic rings. The number of hydrogen-bond acceptors (Lipinski definition) is 10. The van der Waals surface area contributed by atoms with Gasteiger partial charge in [0.05, 0.1) is 23.6 Å². The molecule has 0 aromatic carbocycles. The number of thiazole rings is 2. The Morgan fingerprint density at radius 2 is 1.50 bits per heavy atom. The number of amides is 2. The number of anilines is 2. The number of carbonyl (C=O) groups excluding carboxylic acids is 2. The number of aryl methyl sites for hydroxylation is 2. The van der Waals surface area contributed by atoms with Crippen molar-refractivity contribution in [2.45, 2.75) is 65.7 Å². The summed E-state index contributed by atoms with van der Waals surface area (Å²) in [4.78, 5) is 38.6.